The van der Waals surface area contributed by atoms with Crippen LogP contribution >= 0.6 is 27.5 Å². The molecule has 0 aromatic heterocycles. The molecule has 0 bridgehead atoms. The summed E-state index contributed by atoms with van der Waals surface area (Å²) in [4.78, 5) is 51.3. The second-order valence-electron chi connectivity index (χ2n) is 7.82. The van der Waals surface area contributed by atoms with Gasteiger partial charge in [-0.2, -0.15) is 0 Å². The van der Waals surface area contributed by atoms with Crippen molar-refractivity contribution >= 4 is 68.7 Å². The summed E-state index contributed by atoms with van der Waals surface area (Å²) in [6, 6.07) is 17.5. The molecule has 0 saturated carbocycles. The minimum atomic E-state index is -0.886. The van der Waals surface area contributed by atoms with Crippen LogP contribution in [0.1, 0.15) is 11.1 Å². The highest BCUT2D eigenvalue weighted by Gasteiger charge is 2.37. The number of hydrogen-bond acceptors (Lipinski definition) is 5. The first-order chi connectivity index (χ1) is 17.2. The number of rotatable bonds is 6. The van der Waals surface area contributed by atoms with Gasteiger partial charge >= 0.3 is 6.03 Å². The fraction of sp³-hybridized carbons (Fsp3) is 0.0769. The molecule has 0 unspecified atom stereocenters. The Hall–Kier alpha value is -3.95. The molecule has 2 N–H and O–H groups in total. The van der Waals surface area contributed by atoms with E-state index in [2.05, 4.69) is 26.6 Å². The molecule has 10 heteroatoms. The lowest BCUT2D eigenvalue weighted by molar-refractivity contribution is -0.122. The number of nitrogens with zero attached hydrogens (tertiary/aromatic N) is 1. The zero-order valence-electron chi connectivity index (χ0n) is 18.9. The summed E-state index contributed by atoms with van der Waals surface area (Å²) in [5.41, 5.74) is 1.96. The largest absolute Gasteiger partial charge is 0.483 e. The zero-order chi connectivity index (χ0) is 25.8. The summed E-state index contributed by atoms with van der Waals surface area (Å²) in [7, 11) is 0. The van der Waals surface area contributed by atoms with Crippen molar-refractivity contribution in [3.8, 4) is 5.75 Å². The monoisotopic (exact) mass is 567 g/mol. The minimum Gasteiger partial charge on any atom is -0.483 e. The highest BCUT2D eigenvalue weighted by atomic mass is 79.9. The molecule has 0 atom stereocenters. The van der Waals surface area contributed by atoms with Gasteiger partial charge in [0.05, 0.1) is 5.69 Å². The lowest BCUT2D eigenvalue weighted by atomic mass is 10.1. The Morgan fingerprint density at radius 1 is 1.08 bits per heavy atom. The van der Waals surface area contributed by atoms with Crippen LogP contribution in [0.25, 0.3) is 6.08 Å². The van der Waals surface area contributed by atoms with Crippen LogP contribution in [0.3, 0.4) is 0 Å². The molecule has 4 rings (SSSR count). The number of benzene rings is 3. The summed E-state index contributed by atoms with van der Waals surface area (Å²) in [6.45, 7) is 1.64. The van der Waals surface area contributed by atoms with E-state index < -0.39 is 17.8 Å². The molecular weight excluding hydrogens is 550 g/mol. The molecule has 0 aliphatic carbocycles. The van der Waals surface area contributed by atoms with Crippen LogP contribution in [0.4, 0.5) is 16.2 Å². The Morgan fingerprint density at radius 3 is 2.56 bits per heavy atom. The number of ether oxygens (including phenoxy) is 1. The molecule has 1 heterocycles. The number of nitrogens with one attached hydrogen (secondary N) is 2. The number of imide groups is 2. The van der Waals surface area contributed by atoms with Crippen molar-refractivity contribution in [2.24, 2.45) is 0 Å². The van der Waals surface area contributed by atoms with E-state index in [1.54, 1.807) is 42.5 Å². The van der Waals surface area contributed by atoms with Crippen LogP contribution in [0.5, 0.6) is 5.75 Å². The number of barbiturate groups is 1. The zero-order valence-corrected chi connectivity index (χ0v) is 21.2. The number of urea groups is 1. The fourth-order valence-electron chi connectivity index (χ4n) is 3.40. The number of amides is 5. The van der Waals surface area contributed by atoms with Gasteiger partial charge in [0.15, 0.2) is 6.61 Å². The van der Waals surface area contributed by atoms with Gasteiger partial charge in [-0.1, -0.05) is 51.3 Å². The molecule has 5 amide bonds. The second-order valence-corrected chi connectivity index (χ2v) is 9.17. The van der Waals surface area contributed by atoms with Gasteiger partial charge in [-0.25, -0.2) is 9.69 Å². The molecule has 1 saturated heterocycles. The summed E-state index contributed by atoms with van der Waals surface area (Å²) >= 11 is 9.36. The summed E-state index contributed by atoms with van der Waals surface area (Å²) in [5.74, 6) is -1.80. The van der Waals surface area contributed by atoms with E-state index in [4.69, 9.17) is 16.3 Å². The molecule has 3 aromatic rings. The van der Waals surface area contributed by atoms with Crippen LogP contribution in [0.2, 0.25) is 5.02 Å². The number of carbonyl (C=O) groups excluding carboxylic acids is 4. The van der Waals surface area contributed by atoms with Crippen LogP contribution in [0, 0.1) is 6.92 Å². The highest BCUT2D eigenvalue weighted by molar-refractivity contribution is 9.10. The Bertz CT molecular complexity index is 1400. The third-order valence-corrected chi connectivity index (χ3v) is 5.86. The summed E-state index contributed by atoms with van der Waals surface area (Å²) < 4.78 is 6.34. The predicted octanol–water partition coefficient (Wildman–Crippen LogP) is 5.09. The van der Waals surface area contributed by atoms with Gasteiger partial charge < -0.3 is 10.1 Å². The number of hydrogen-bond donors (Lipinski definition) is 2. The Kier molecular flexibility index (Phi) is 7.52. The van der Waals surface area contributed by atoms with Gasteiger partial charge in [0, 0.05) is 20.7 Å². The van der Waals surface area contributed by atoms with Crippen LogP contribution in [-0.2, 0) is 14.4 Å². The molecule has 3 aromatic carbocycles. The first-order valence-corrected chi connectivity index (χ1v) is 11.8. The van der Waals surface area contributed by atoms with E-state index in [1.165, 1.54) is 18.2 Å². The molecule has 0 spiro atoms. The van der Waals surface area contributed by atoms with Gasteiger partial charge in [-0.3, -0.25) is 19.7 Å². The third kappa shape index (κ3) is 5.81. The number of anilines is 2. The van der Waals surface area contributed by atoms with Gasteiger partial charge in [-0.05, 0) is 61.5 Å². The minimum absolute atomic E-state index is 0.210. The lowest BCUT2D eigenvalue weighted by Crippen LogP contribution is -2.54. The number of halogens is 2. The predicted molar refractivity (Wildman–Crippen MR) is 140 cm³/mol. The highest BCUT2D eigenvalue weighted by Crippen LogP contribution is 2.29. The lowest BCUT2D eigenvalue weighted by Gasteiger charge is -2.26. The maximum Gasteiger partial charge on any atom is 0.335 e. The van der Waals surface area contributed by atoms with Crippen molar-refractivity contribution in [3.05, 3.63) is 92.9 Å². The maximum absolute atomic E-state index is 13.2. The van der Waals surface area contributed by atoms with Gasteiger partial charge in [0.2, 0.25) is 0 Å². The number of carbonyl (C=O) groups is 4. The molecule has 36 heavy (non-hydrogen) atoms. The summed E-state index contributed by atoms with van der Waals surface area (Å²) in [5, 5.41) is 5.22. The van der Waals surface area contributed by atoms with Crippen molar-refractivity contribution in [2.45, 2.75) is 6.92 Å². The molecule has 8 nitrogen and oxygen atoms in total. The van der Waals surface area contributed by atoms with Crippen molar-refractivity contribution in [2.75, 3.05) is 16.8 Å². The Morgan fingerprint density at radius 2 is 1.83 bits per heavy atom. The van der Waals surface area contributed by atoms with E-state index in [9.17, 15) is 19.2 Å². The number of aryl methyl sites for hydroxylation is 1. The van der Waals surface area contributed by atoms with Crippen molar-refractivity contribution in [3.63, 3.8) is 0 Å². The standard InChI is InChI=1S/C26H19BrClN3O5/c1-15-5-8-19(9-6-15)29-23(32)14-36-22-10-7-17(27)11-16(22)12-21-24(33)30-26(35)31(25(21)34)20-4-2-3-18(28)13-20/h2-13H,14H2,1H3,(H,29,32)(H,30,33,35)/b21-12+. The molecule has 182 valence electrons. The average molecular weight is 569 g/mol. The van der Waals surface area contributed by atoms with Gasteiger partial charge in [-0.15, -0.1) is 0 Å². The topological polar surface area (TPSA) is 105 Å². The third-order valence-electron chi connectivity index (χ3n) is 5.13. The fourth-order valence-corrected chi connectivity index (χ4v) is 3.97. The average Bonchev–Trinajstić information content (AvgIpc) is 2.82. The van der Waals surface area contributed by atoms with Crippen LogP contribution < -0.4 is 20.3 Å². The Balaban J connectivity index is 1.58. The van der Waals surface area contributed by atoms with E-state index in [1.807, 2.05) is 19.1 Å². The van der Waals surface area contributed by atoms with Gasteiger partial charge in [0.25, 0.3) is 17.7 Å². The summed E-state index contributed by atoms with van der Waals surface area (Å²) in [6.07, 6.45) is 1.31. The van der Waals surface area contributed by atoms with E-state index in [-0.39, 0.29) is 29.5 Å². The quantitative estimate of drug-likeness (QED) is 0.318. The second kappa shape index (κ2) is 10.8. The van der Waals surface area contributed by atoms with Gasteiger partial charge in [0.1, 0.15) is 11.3 Å². The molecular formula is C26H19BrClN3O5. The van der Waals surface area contributed by atoms with Crippen molar-refractivity contribution in [1.29, 1.82) is 0 Å². The normalized spacial score (nSPS) is 14.6. The van der Waals surface area contributed by atoms with Crippen LogP contribution in [0.15, 0.2) is 76.8 Å². The van der Waals surface area contributed by atoms with Crippen LogP contribution in [-0.4, -0.2) is 30.4 Å². The van der Waals surface area contributed by atoms with E-state index in [0.717, 1.165) is 10.5 Å². The Labute approximate surface area is 220 Å². The van der Waals surface area contributed by atoms with E-state index in [0.29, 0.717) is 20.7 Å². The smallest absolute Gasteiger partial charge is 0.335 e. The molecule has 1 fully saturated rings. The first kappa shape index (κ1) is 25.2. The molecule has 1 aliphatic heterocycles. The van der Waals surface area contributed by atoms with E-state index >= 15 is 0 Å². The molecule has 0 radical (unpaired) electrons. The van der Waals surface area contributed by atoms with Crippen molar-refractivity contribution in [1.82, 2.24) is 5.32 Å². The SMILES string of the molecule is Cc1ccc(NC(=O)COc2ccc(Br)cc2/C=C2\C(=O)NC(=O)N(c3cccc(Cl)c3)C2=O)cc1. The first-order valence-electron chi connectivity index (χ1n) is 10.7. The van der Waals surface area contributed by atoms with Crippen molar-refractivity contribution < 1.29 is 23.9 Å². The maximum atomic E-state index is 13.2. The molecule has 1 aliphatic rings.